The van der Waals surface area contributed by atoms with Gasteiger partial charge in [-0.1, -0.05) is 48.6 Å². The molecule has 142 valence electrons. The molecular weight excluding hydrogens is 334 g/mol. The van der Waals surface area contributed by atoms with Crippen molar-refractivity contribution in [1.82, 2.24) is 14.4 Å². The molecule has 1 aromatic carbocycles. The number of hydrogen-bond acceptors (Lipinski definition) is 3. The lowest BCUT2D eigenvalue weighted by molar-refractivity contribution is 0.0863. The molecule has 1 saturated heterocycles. The van der Waals surface area contributed by atoms with Crippen molar-refractivity contribution in [3.05, 3.63) is 76.2 Å². The first-order chi connectivity index (χ1) is 13.1. The molecule has 4 rings (SSSR count). The number of hydrogen-bond donors (Lipinski definition) is 0. The molecule has 0 spiro atoms. The Morgan fingerprint density at radius 3 is 2.67 bits per heavy atom. The Hall–Kier alpha value is -2.17. The Labute approximate surface area is 161 Å². The van der Waals surface area contributed by atoms with Gasteiger partial charge in [-0.15, -0.1) is 0 Å². The van der Waals surface area contributed by atoms with E-state index >= 15 is 0 Å². The Morgan fingerprint density at radius 1 is 1.07 bits per heavy atom. The lowest BCUT2D eigenvalue weighted by Gasteiger charge is -2.47. The van der Waals surface area contributed by atoms with E-state index in [0.717, 1.165) is 26.2 Å². The molecule has 1 aromatic heterocycles. The van der Waals surface area contributed by atoms with Crippen LogP contribution in [0.2, 0.25) is 0 Å². The van der Waals surface area contributed by atoms with Crippen LogP contribution in [0.25, 0.3) is 6.08 Å². The van der Waals surface area contributed by atoms with Gasteiger partial charge in [-0.3, -0.25) is 9.69 Å². The van der Waals surface area contributed by atoms with Crippen LogP contribution in [-0.2, 0) is 0 Å². The van der Waals surface area contributed by atoms with E-state index in [1.54, 1.807) is 6.07 Å². The quantitative estimate of drug-likeness (QED) is 0.817. The van der Waals surface area contributed by atoms with Crippen molar-refractivity contribution in [3.8, 4) is 0 Å². The summed E-state index contributed by atoms with van der Waals surface area (Å²) in [7, 11) is 4.20. The summed E-state index contributed by atoms with van der Waals surface area (Å²) in [4.78, 5) is 17.4. The molecule has 0 N–H and O–H groups in total. The molecule has 2 aliphatic rings. The lowest BCUT2D eigenvalue weighted by Crippen LogP contribution is -2.51. The van der Waals surface area contributed by atoms with Gasteiger partial charge in [0, 0.05) is 43.9 Å². The Morgan fingerprint density at radius 2 is 1.89 bits per heavy atom. The summed E-state index contributed by atoms with van der Waals surface area (Å²) in [5, 5.41) is 0. The molecule has 4 heteroatoms. The highest BCUT2D eigenvalue weighted by Crippen LogP contribution is 2.41. The molecule has 3 atom stereocenters. The summed E-state index contributed by atoms with van der Waals surface area (Å²) in [6.07, 6.45) is 5.68. The first-order valence-electron chi connectivity index (χ1n) is 9.92. The summed E-state index contributed by atoms with van der Waals surface area (Å²) < 4.78 is 2.09. The molecule has 3 heterocycles. The van der Waals surface area contributed by atoms with Crippen molar-refractivity contribution in [3.63, 3.8) is 0 Å². The third-order valence-electron chi connectivity index (χ3n) is 5.90. The van der Waals surface area contributed by atoms with Gasteiger partial charge >= 0.3 is 0 Å². The predicted octanol–water partition coefficient (Wildman–Crippen LogP) is 3.08. The van der Waals surface area contributed by atoms with Gasteiger partial charge in [-0.2, -0.15) is 0 Å². The van der Waals surface area contributed by atoms with Crippen LogP contribution in [-0.4, -0.2) is 54.6 Å². The Balaban J connectivity index is 1.55. The maximum atomic E-state index is 12.6. The van der Waals surface area contributed by atoms with E-state index in [0.29, 0.717) is 11.8 Å². The van der Waals surface area contributed by atoms with E-state index in [9.17, 15) is 4.79 Å². The summed E-state index contributed by atoms with van der Waals surface area (Å²) >= 11 is 0. The third-order valence-corrected chi connectivity index (χ3v) is 5.90. The normalized spacial score (nSPS) is 25.1. The molecule has 0 saturated carbocycles. The van der Waals surface area contributed by atoms with Crippen LogP contribution in [0, 0.1) is 5.92 Å². The van der Waals surface area contributed by atoms with Crippen LogP contribution in [0.15, 0.2) is 59.4 Å². The summed E-state index contributed by atoms with van der Waals surface area (Å²) in [6, 6.07) is 16.5. The molecule has 2 bridgehead atoms. The number of benzene rings is 1. The second-order valence-electron chi connectivity index (χ2n) is 8.21. The van der Waals surface area contributed by atoms with Crippen molar-refractivity contribution in [2.75, 3.05) is 40.3 Å². The molecule has 2 aromatic rings. The molecule has 1 fully saturated rings. The van der Waals surface area contributed by atoms with Crippen LogP contribution in [0.4, 0.5) is 0 Å². The van der Waals surface area contributed by atoms with E-state index in [-0.39, 0.29) is 11.6 Å². The topological polar surface area (TPSA) is 28.5 Å². The van der Waals surface area contributed by atoms with E-state index < -0.39 is 0 Å². The molecular formula is C23H29N3O. The van der Waals surface area contributed by atoms with E-state index in [2.05, 4.69) is 70.9 Å². The zero-order chi connectivity index (χ0) is 18.8. The SMILES string of the molecule is CN(C)C[C@H]1[C@H]2C[C@H](CN(C/C=C/c3ccccc3)C2)c2cccc(=O)n21. The number of piperidine rings is 1. The second kappa shape index (κ2) is 7.83. The Bertz CT molecular complexity index is 855. The number of rotatable bonds is 5. The highest BCUT2D eigenvalue weighted by molar-refractivity contribution is 5.48. The fourth-order valence-corrected chi connectivity index (χ4v) is 4.80. The summed E-state index contributed by atoms with van der Waals surface area (Å²) in [5.41, 5.74) is 2.63. The number of pyridine rings is 1. The zero-order valence-electron chi connectivity index (χ0n) is 16.3. The van der Waals surface area contributed by atoms with Crippen molar-refractivity contribution in [2.45, 2.75) is 18.4 Å². The van der Waals surface area contributed by atoms with E-state index in [1.165, 1.54) is 17.7 Å². The minimum Gasteiger partial charge on any atom is -0.308 e. The largest absolute Gasteiger partial charge is 0.308 e. The third kappa shape index (κ3) is 3.92. The average Bonchev–Trinajstić information content (AvgIpc) is 2.66. The standard InChI is InChI=1S/C23H29N3O/c1-24(2)17-22-20-14-19(21-11-6-12-23(27)26(21)22)15-25(16-20)13-7-10-18-8-4-3-5-9-18/h3-12,19-20,22H,13-17H2,1-2H3/b10-7+/t19-,20+,22+/m1/s1. The summed E-state index contributed by atoms with van der Waals surface area (Å²) in [5.74, 6) is 0.991. The number of fused-ring (bicyclic) bond motifs is 4. The fraction of sp³-hybridized carbons (Fsp3) is 0.435. The van der Waals surface area contributed by atoms with Crippen LogP contribution in [0.5, 0.6) is 0 Å². The van der Waals surface area contributed by atoms with Gasteiger partial charge in [-0.25, -0.2) is 0 Å². The van der Waals surface area contributed by atoms with E-state index in [1.807, 2.05) is 12.1 Å². The van der Waals surface area contributed by atoms with Crippen LogP contribution in [0.1, 0.15) is 29.6 Å². The predicted molar refractivity (Wildman–Crippen MR) is 111 cm³/mol. The van der Waals surface area contributed by atoms with Gasteiger partial charge in [0.25, 0.3) is 5.56 Å². The van der Waals surface area contributed by atoms with Gasteiger partial charge in [0.15, 0.2) is 0 Å². The lowest BCUT2D eigenvalue weighted by atomic mass is 9.78. The molecule has 0 unspecified atom stereocenters. The van der Waals surface area contributed by atoms with Gasteiger partial charge in [0.05, 0.1) is 6.04 Å². The number of likely N-dealkylation sites (N-methyl/N-ethyl adjacent to an activating group) is 1. The maximum absolute atomic E-state index is 12.6. The van der Waals surface area contributed by atoms with Gasteiger partial charge < -0.3 is 9.47 Å². The second-order valence-corrected chi connectivity index (χ2v) is 8.21. The molecule has 0 aliphatic carbocycles. The highest BCUT2D eigenvalue weighted by atomic mass is 16.1. The fourth-order valence-electron chi connectivity index (χ4n) is 4.80. The minimum atomic E-state index is 0.159. The van der Waals surface area contributed by atoms with Crippen LogP contribution < -0.4 is 5.56 Å². The first-order valence-corrected chi connectivity index (χ1v) is 9.92. The van der Waals surface area contributed by atoms with Crippen LogP contribution in [0.3, 0.4) is 0 Å². The van der Waals surface area contributed by atoms with E-state index in [4.69, 9.17) is 0 Å². The summed E-state index contributed by atoms with van der Waals surface area (Å²) in [6.45, 7) is 3.98. The average molecular weight is 364 g/mol. The first kappa shape index (κ1) is 18.2. The maximum Gasteiger partial charge on any atom is 0.251 e. The number of nitrogens with zero attached hydrogens (tertiary/aromatic N) is 3. The van der Waals surface area contributed by atoms with Crippen molar-refractivity contribution in [1.29, 1.82) is 0 Å². The number of likely N-dealkylation sites (tertiary alicyclic amines) is 1. The highest BCUT2D eigenvalue weighted by Gasteiger charge is 2.40. The van der Waals surface area contributed by atoms with Crippen molar-refractivity contribution >= 4 is 6.08 Å². The monoisotopic (exact) mass is 363 g/mol. The molecule has 27 heavy (non-hydrogen) atoms. The van der Waals surface area contributed by atoms with Gasteiger partial charge in [-0.05, 0) is 38.1 Å². The van der Waals surface area contributed by atoms with Crippen LogP contribution >= 0.6 is 0 Å². The van der Waals surface area contributed by atoms with Gasteiger partial charge in [0.2, 0.25) is 0 Å². The molecule has 4 nitrogen and oxygen atoms in total. The van der Waals surface area contributed by atoms with Crippen molar-refractivity contribution < 1.29 is 0 Å². The van der Waals surface area contributed by atoms with Crippen molar-refractivity contribution in [2.24, 2.45) is 5.92 Å². The smallest absolute Gasteiger partial charge is 0.251 e. The molecule has 0 amide bonds. The number of aromatic nitrogens is 1. The van der Waals surface area contributed by atoms with Gasteiger partial charge in [0.1, 0.15) is 0 Å². The molecule has 2 aliphatic heterocycles. The Kier molecular flexibility index (Phi) is 5.28. The zero-order valence-corrected chi connectivity index (χ0v) is 16.3. The minimum absolute atomic E-state index is 0.159. The molecule has 0 radical (unpaired) electrons.